The number of hydrogen-bond donors (Lipinski definition) is 2. The van der Waals surface area contributed by atoms with E-state index in [1.165, 1.54) is 0 Å². The molecule has 166 valence electrons. The molecule has 1 unspecified atom stereocenters. The molecule has 0 radical (unpaired) electrons. The third kappa shape index (κ3) is 3.93. The second kappa shape index (κ2) is 8.27. The molecule has 2 heterocycles. The summed E-state index contributed by atoms with van der Waals surface area (Å²) in [7, 11) is 0. The summed E-state index contributed by atoms with van der Waals surface area (Å²) in [5.41, 5.74) is 1.43. The van der Waals surface area contributed by atoms with Crippen molar-refractivity contribution in [2.24, 2.45) is 0 Å². The van der Waals surface area contributed by atoms with E-state index in [2.05, 4.69) is 10.6 Å². The lowest BCUT2D eigenvalue weighted by molar-refractivity contribution is -0.133. The molecule has 5 amide bonds. The summed E-state index contributed by atoms with van der Waals surface area (Å²) in [5.74, 6) is -1.02. The standard InChI is InChI=1S/C23H23ClN4O4/c1-14-5-7-15(8-6-14)23(2)21(31)28(22(32)26-23)13-19(29)25-16-9-10-18(17(24)12-16)27-11-3-4-20(27)30/h5-10,12H,3-4,11,13H2,1-2H3,(H,25,29)(H,26,32). The van der Waals surface area contributed by atoms with Gasteiger partial charge < -0.3 is 15.5 Å². The number of hydrogen-bond acceptors (Lipinski definition) is 4. The normalized spacial score (nSPS) is 20.7. The molecule has 2 aliphatic heterocycles. The zero-order chi connectivity index (χ0) is 23.0. The molecular formula is C23H23ClN4O4. The Morgan fingerprint density at radius 1 is 1.16 bits per heavy atom. The largest absolute Gasteiger partial charge is 0.325 e. The van der Waals surface area contributed by atoms with Crippen LogP contribution in [0.25, 0.3) is 0 Å². The van der Waals surface area contributed by atoms with Crippen molar-refractivity contribution >= 4 is 46.7 Å². The minimum atomic E-state index is -1.24. The fraction of sp³-hybridized carbons (Fsp3) is 0.304. The van der Waals surface area contributed by atoms with Crippen LogP contribution in [0.4, 0.5) is 16.2 Å². The van der Waals surface area contributed by atoms with Gasteiger partial charge in [0.15, 0.2) is 0 Å². The van der Waals surface area contributed by atoms with E-state index in [-0.39, 0.29) is 5.91 Å². The average Bonchev–Trinajstić information content (AvgIpc) is 3.25. The van der Waals surface area contributed by atoms with Gasteiger partial charge in [-0.05, 0) is 44.0 Å². The summed E-state index contributed by atoms with van der Waals surface area (Å²) in [4.78, 5) is 52.5. The van der Waals surface area contributed by atoms with Gasteiger partial charge in [0.1, 0.15) is 12.1 Å². The molecule has 32 heavy (non-hydrogen) atoms. The van der Waals surface area contributed by atoms with Crippen LogP contribution in [0.1, 0.15) is 30.9 Å². The van der Waals surface area contributed by atoms with Crippen molar-refractivity contribution in [2.45, 2.75) is 32.2 Å². The molecule has 0 spiro atoms. The average molecular weight is 455 g/mol. The van der Waals surface area contributed by atoms with Gasteiger partial charge in [-0.1, -0.05) is 41.4 Å². The van der Waals surface area contributed by atoms with Crippen LogP contribution in [0.15, 0.2) is 42.5 Å². The lowest BCUT2D eigenvalue weighted by Crippen LogP contribution is -2.42. The Bertz CT molecular complexity index is 1120. The maximum Gasteiger partial charge on any atom is 0.325 e. The molecule has 2 aliphatic rings. The summed E-state index contributed by atoms with van der Waals surface area (Å²) < 4.78 is 0. The highest BCUT2D eigenvalue weighted by Gasteiger charge is 2.49. The smallest absolute Gasteiger partial charge is 0.324 e. The summed E-state index contributed by atoms with van der Waals surface area (Å²) >= 11 is 6.32. The third-order valence-electron chi connectivity index (χ3n) is 5.80. The van der Waals surface area contributed by atoms with Gasteiger partial charge in [-0.15, -0.1) is 0 Å². The highest BCUT2D eigenvalue weighted by atomic mass is 35.5. The van der Waals surface area contributed by atoms with Crippen molar-refractivity contribution in [1.29, 1.82) is 0 Å². The van der Waals surface area contributed by atoms with E-state index in [9.17, 15) is 19.2 Å². The van der Waals surface area contributed by atoms with Crippen LogP contribution in [0.2, 0.25) is 5.02 Å². The van der Waals surface area contributed by atoms with E-state index < -0.39 is 29.9 Å². The zero-order valence-corrected chi connectivity index (χ0v) is 18.5. The fourth-order valence-corrected chi connectivity index (χ4v) is 4.26. The first-order chi connectivity index (χ1) is 15.2. The molecule has 2 saturated heterocycles. The van der Waals surface area contributed by atoms with Crippen LogP contribution in [-0.4, -0.2) is 41.7 Å². The van der Waals surface area contributed by atoms with E-state index in [1.807, 2.05) is 19.1 Å². The van der Waals surface area contributed by atoms with Crippen LogP contribution < -0.4 is 15.5 Å². The van der Waals surface area contributed by atoms with E-state index in [1.54, 1.807) is 42.2 Å². The van der Waals surface area contributed by atoms with Crippen molar-refractivity contribution in [3.05, 3.63) is 58.6 Å². The third-order valence-corrected chi connectivity index (χ3v) is 6.10. The van der Waals surface area contributed by atoms with E-state index in [0.29, 0.717) is 34.9 Å². The number of carbonyl (C=O) groups is 4. The molecule has 0 bridgehead atoms. The molecule has 0 saturated carbocycles. The van der Waals surface area contributed by atoms with Crippen molar-refractivity contribution < 1.29 is 19.2 Å². The number of anilines is 2. The molecule has 1 atom stereocenters. The van der Waals surface area contributed by atoms with Crippen LogP contribution >= 0.6 is 11.6 Å². The number of imide groups is 1. The first-order valence-electron chi connectivity index (χ1n) is 10.3. The summed E-state index contributed by atoms with van der Waals surface area (Å²) in [6.45, 7) is 3.72. The van der Waals surface area contributed by atoms with Crippen LogP contribution in [-0.2, 0) is 19.9 Å². The minimum absolute atomic E-state index is 0.0128. The Kier molecular flexibility index (Phi) is 5.64. The van der Waals surface area contributed by atoms with E-state index >= 15 is 0 Å². The van der Waals surface area contributed by atoms with Crippen molar-refractivity contribution in [2.75, 3.05) is 23.3 Å². The molecule has 2 N–H and O–H groups in total. The number of halogens is 1. The monoisotopic (exact) mass is 454 g/mol. The molecule has 8 nitrogen and oxygen atoms in total. The van der Waals surface area contributed by atoms with E-state index in [0.717, 1.165) is 16.9 Å². The molecule has 0 aromatic heterocycles. The SMILES string of the molecule is Cc1ccc(C2(C)NC(=O)N(CC(=O)Nc3ccc(N4CCCC4=O)c(Cl)c3)C2=O)cc1. The van der Waals surface area contributed by atoms with Gasteiger partial charge in [0.25, 0.3) is 5.91 Å². The second-order valence-corrected chi connectivity index (χ2v) is 8.58. The molecule has 0 aliphatic carbocycles. The number of amides is 5. The minimum Gasteiger partial charge on any atom is -0.324 e. The van der Waals surface area contributed by atoms with Gasteiger partial charge >= 0.3 is 6.03 Å². The summed E-state index contributed by atoms with van der Waals surface area (Å²) in [5, 5.41) is 5.67. The van der Waals surface area contributed by atoms with Gasteiger partial charge in [-0.25, -0.2) is 4.79 Å². The summed E-state index contributed by atoms with van der Waals surface area (Å²) in [6, 6.07) is 11.5. The maximum absolute atomic E-state index is 13.0. The second-order valence-electron chi connectivity index (χ2n) is 8.18. The molecule has 4 rings (SSSR count). The number of nitrogens with one attached hydrogen (secondary N) is 2. The molecule has 2 aromatic rings. The fourth-order valence-electron chi connectivity index (χ4n) is 3.97. The Labute approximate surface area is 190 Å². The number of rotatable bonds is 5. The van der Waals surface area contributed by atoms with Crippen LogP contribution in [0.3, 0.4) is 0 Å². The Morgan fingerprint density at radius 2 is 1.88 bits per heavy atom. The van der Waals surface area contributed by atoms with Gasteiger partial charge in [0, 0.05) is 18.7 Å². The quantitative estimate of drug-likeness (QED) is 0.678. The lowest BCUT2D eigenvalue weighted by atomic mass is 9.91. The van der Waals surface area contributed by atoms with E-state index in [4.69, 9.17) is 11.6 Å². The van der Waals surface area contributed by atoms with Crippen LogP contribution in [0.5, 0.6) is 0 Å². The number of carbonyl (C=O) groups excluding carboxylic acids is 4. The lowest BCUT2D eigenvalue weighted by Gasteiger charge is -2.22. The predicted octanol–water partition coefficient (Wildman–Crippen LogP) is 3.18. The topological polar surface area (TPSA) is 98.8 Å². The molecule has 9 heteroatoms. The number of nitrogens with zero attached hydrogens (tertiary/aromatic N) is 2. The Hall–Kier alpha value is -3.39. The predicted molar refractivity (Wildman–Crippen MR) is 120 cm³/mol. The Morgan fingerprint density at radius 3 is 2.50 bits per heavy atom. The number of benzene rings is 2. The van der Waals surface area contributed by atoms with Gasteiger partial charge in [-0.3, -0.25) is 19.3 Å². The van der Waals surface area contributed by atoms with Gasteiger partial charge in [-0.2, -0.15) is 0 Å². The molecular weight excluding hydrogens is 432 g/mol. The Balaban J connectivity index is 1.44. The van der Waals surface area contributed by atoms with Crippen molar-refractivity contribution in [1.82, 2.24) is 10.2 Å². The number of urea groups is 1. The molecule has 2 aromatic carbocycles. The van der Waals surface area contributed by atoms with Crippen molar-refractivity contribution in [3.63, 3.8) is 0 Å². The molecule has 2 fully saturated rings. The van der Waals surface area contributed by atoms with Crippen molar-refractivity contribution in [3.8, 4) is 0 Å². The number of aryl methyl sites for hydroxylation is 1. The van der Waals surface area contributed by atoms with Gasteiger partial charge in [0.2, 0.25) is 11.8 Å². The van der Waals surface area contributed by atoms with Gasteiger partial charge in [0.05, 0.1) is 10.7 Å². The maximum atomic E-state index is 13.0. The zero-order valence-electron chi connectivity index (χ0n) is 17.8. The van der Waals surface area contributed by atoms with Crippen LogP contribution in [0, 0.1) is 6.92 Å². The highest BCUT2D eigenvalue weighted by Crippen LogP contribution is 2.32. The first-order valence-corrected chi connectivity index (χ1v) is 10.7. The first kappa shape index (κ1) is 21.8. The summed E-state index contributed by atoms with van der Waals surface area (Å²) in [6.07, 6.45) is 1.27. The highest BCUT2D eigenvalue weighted by molar-refractivity contribution is 6.34.